The Morgan fingerprint density at radius 1 is 1.35 bits per heavy atom. The summed E-state index contributed by atoms with van der Waals surface area (Å²) < 4.78 is 10.3. The molecule has 0 aromatic carbocycles. The highest BCUT2D eigenvalue weighted by molar-refractivity contribution is 6.32. The van der Waals surface area contributed by atoms with Crippen LogP contribution in [0.15, 0.2) is 12.3 Å². The third-order valence-corrected chi connectivity index (χ3v) is 3.08. The van der Waals surface area contributed by atoms with E-state index < -0.39 is 0 Å². The highest BCUT2D eigenvalue weighted by Gasteiger charge is 2.09. The quantitative estimate of drug-likeness (QED) is 0.733. The lowest BCUT2D eigenvalue weighted by molar-refractivity contribution is 0.0365. The zero-order valence-corrected chi connectivity index (χ0v) is 13.3. The van der Waals surface area contributed by atoms with Crippen LogP contribution in [-0.4, -0.2) is 44.5 Å². The van der Waals surface area contributed by atoms with E-state index in [0.29, 0.717) is 30.0 Å². The summed E-state index contributed by atoms with van der Waals surface area (Å²) in [4.78, 5) is 4.34. The monoisotopic (exact) mass is 301 g/mol. The molecule has 1 rings (SSSR count). The maximum Gasteiger partial charge on any atom is 0.144 e. The summed E-state index contributed by atoms with van der Waals surface area (Å²) >= 11 is 6.22. The lowest BCUT2D eigenvalue weighted by Crippen LogP contribution is -2.27. The fourth-order valence-electron chi connectivity index (χ4n) is 1.63. The summed E-state index contributed by atoms with van der Waals surface area (Å²) in [6, 6.07) is 2.35. The lowest BCUT2D eigenvalue weighted by atomic mass is 10.2. The van der Waals surface area contributed by atoms with E-state index in [2.05, 4.69) is 29.5 Å². The van der Waals surface area contributed by atoms with Gasteiger partial charge < -0.3 is 20.1 Å². The Bertz CT molecular complexity index is 402. The molecule has 0 amide bonds. The average Bonchev–Trinajstić information content (AvgIpc) is 2.42. The molecule has 0 aliphatic heterocycles. The molecule has 1 heterocycles. The standard InChI is InChI=1S/C14H24ClN3O2/c1-10(2)16-6-11-5-13(15)14(17-7-11)18-8-12(20-4)9-19-3/h5,7,10,12,16H,6,8-9H2,1-4H3,(H,17,18). The van der Waals surface area contributed by atoms with Crippen LogP contribution in [0.3, 0.4) is 0 Å². The van der Waals surface area contributed by atoms with Gasteiger partial charge in [0.2, 0.25) is 0 Å². The molecule has 0 aliphatic rings. The van der Waals surface area contributed by atoms with Crippen molar-refractivity contribution in [1.82, 2.24) is 10.3 Å². The number of methoxy groups -OCH3 is 2. The summed E-state index contributed by atoms with van der Waals surface area (Å²) in [5.41, 5.74) is 1.06. The third-order valence-electron chi connectivity index (χ3n) is 2.80. The maximum atomic E-state index is 6.22. The minimum atomic E-state index is -0.0276. The number of hydrogen-bond acceptors (Lipinski definition) is 5. The van der Waals surface area contributed by atoms with Crippen molar-refractivity contribution in [1.29, 1.82) is 0 Å². The van der Waals surface area contributed by atoms with E-state index in [1.807, 2.05) is 12.3 Å². The van der Waals surface area contributed by atoms with Crippen LogP contribution in [0.4, 0.5) is 5.82 Å². The first kappa shape index (κ1) is 17.2. The van der Waals surface area contributed by atoms with E-state index >= 15 is 0 Å². The molecule has 0 spiro atoms. The zero-order valence-electron chi connectivity index (χ0n) is 12.6. The first-order chi connectivity index (χ1) is 9.56. The van der Waals surface area contributed by atoms with Crippen LogP contribution in [-0.2, 0) is 16.0 Å². The van der Waals surface area contributed by atoms with Crippen LogP contribution in [0.25, 0.3) is 0 Å². The fraction of sp³-hybridized carbons (Fsp3) is 0.643. The van der Waals surface area contributed by atoms with Crippen LogP contribution in [0.2, 0.25) is 5.02 Å². The van der Waals surface area contributed by atoms with E-state index in [1.165, 1.54) is 0 Å². The number of pyridine rings is 1. The molecule has 0 aliphatic carbocycles. The molecule has 1 atom stereocenters. The predicted molar refractivity (Wildman–Crippen MR) is 82.4 cm³/mol. The molecule has 2 N–H and O–H groups in total. The van der Waals surface area contributed by atoms with Crippen molar-refractivity contribution in [3.05, 3.63) is 22.8 Å². The number of hydrogen-bond donors (Lipinski definition) is 2. The van der Waals surface area contributed by atoms with Crippen molar-refractivity contribution in [2.75, 3.05) is 32.7 Å². The number of halogens is 1. The Hall–Kier alpha value is -0.880. The van der Waals surface area contributed by atoms with Gasteiger partial charge in [-0.25, -0.2) is 4.98 Å². The van der Waals surface area contributed by atoms with Crippen LogP contribution >= 0.6 is 11.6 Å². The molecule has 0 radical (unpaired) electrons. The maximum absolute atomic E-state index is 6.22. The van der Waals surface area contributed by atoms with Gasteiger partial charge in [0, 0.05) is 39.5 Å². The number of nitrogens with zero attached hydrogens (tertiary/aromatic N) is 1. The summed E-state index contributed by atoms with van der Waals surface area (Å²) in [7, 11) is 3.30. The van der Waals surface area contributed by atoms with Gasteiger partial charge in [-0.15, -0.1) is 0 Å². The van der Waals surface area contributed by atoms with E-state index in [-0.39, 0.29) is 6.10 Å². The number of ether oxygens (including phenoxy) is 2. The van der Waals surface area contributed by atoms with Crippen LogP contribution in [0, 0.1) is 0 Å². The molecule has 5 nitrogen and oxygen atoms in total. The van der Waals surface area contributed by atoms with Gasteiger partial charge in [0.1, 0.15) is 5.82 Å². The Balaban J connectivity index is 2.54. The number of anilines is 1. The Morgan fingerprint density at radius 2 is 2.10 bits per heavy atom. The Morgan fingerprint density at radius 3 is 2.65 bits per heavy atom. The molecular weight excluding hydrogens is 278 g/mol. The van der Waals surface area contributed by atoms with Gasteiger partial charge in [0.05, 0.1) is 17.7 Å². The highest BCUT2D eigenvalue weighted by atomic mass is 35.5. The smallest absolute Gasteiger partial charge is 0.144 e. The van der Waals surface area contributed by atoms with Crippen molar-refractivity contribution < 1.29 is 9.47 Å². The first-order valence-corrected chi connectivity index (χ1v) is 7.08. The minimum absolute atomic E-state index is 0.0276. The largest absolute Gasteiger partial charge is 0.382 e. The van der Waals surface area contributed by atoms with Crippen molar-refractivity contribution in [3.63, 3.8) is 0 Å². The SMILES string of the molecule is COCC(CNc1ncc(CNC(C)C)cc1Cl)OC. The molecule has 0 saturated carbocycles. The lowest BCUT2D eigenvalue weighted by Gasteiger charge is -2.16. The summed E-state index contributed by atoms with van der Waals surface area (Å²) in [5.74, 6) is 0.665. The Labute approximate surface area is 126 Å². The number of nitrogens with one attached hydrogen (secondary N) is 2. The fourth-order valence-corrected chi connectivity index (χ4v) is 1.89. The number of aromatic nitrogens is 1. The number of rotatable bonds is 9. The predicted octanol–water partition coefficient (Wildman–Crippen LogP) is 2.31. The second kappa shape index (κ2) is 9.13. The van der Waals surface area contributed by atoms with Crippen molar-refractivity contribution in [2.45, 2.75) is 32.5 Å². The normalized spacial score (nSPS) is 12.7. The topological polar surface area (TPSA) is 55.4 Å². The molecule has 6 heteroatoms. The zero-order chi connectivity index (χ0) is 15.0. The highest BCUT2D eigenvalue weighted by Crippen LogP contribution is 2.20. The van der Waals surface area contributed by atoms with E-state index in [1.54, 1.807) is 14.2 Å². The molecule has 1 aromatic rings. The van der Waals surface area contributed by atoms with E-state index in [0.717, 1.165) is 12.1 Å². The molecule has 0 saturated heterocycles. The summed E-state index contributed by atoms with van der Waals surface area (Å²) in [6.45, 7) is 6.09. The summed E-state index contributed by atoms with van der Waals surface area (Å²) in [5, 5.41) is 7.11. The molecule has 0 bridgehead atoms. The second-order valence-electron chi connectivity index (χ2n) is 4.90. The van der Waals surface area contributed by atoms with Gasteiger partial charge in [-0.3, -0.25) is 0 Å². The van der Waals surface area contributed by atoms with Gasteiger partial charge in [0.15, 0.2) is 0 Å². The average molecular weight is 302 g/mol. The van der Waals surface area contributed by atoms with Crippen molar-refractivity contribution in [3.8, 4) is 0 Å². The molecule has 20 heavy (non-hydrogen) atoms. The Kier molecular flexibility index (Phi) is 7.84. The molecule has 0 fully saturated rings. The van der Waals surface area contributed by atoms with Gasteiger partial charge >= 0.3 is 0 Å². The first-order valence-electron chi connectivity index (χ1n) is 6.70. The molecule has 1 aromatic heterocycles. The van der Waals surface area contributed by atoms with Crippen LogP contribution in [0.5, 0.6) is 0 Å². The van der Waals surface area contributed by atoms with Gasteiger partial charge in [-0.05, 0) is 11.6 Å². The van der Waals surface area contributed by atoms with Crippen molar-refractivity contribution in [2.24, 2.45) is 0 Å². The van der Waals surface area contributed by atoms with E-state index in [9.17, 15) is 0 Å². The van der Waals surface area contributed by atoms with Crippen molar-refractivity contribution >= 4 is 17.4 Å². The van der Waals surface area contributed by atoms with E-state index in [4.69, 9.17) is 21.1 Å². The third kappa shape index (κ3) is 6.05. The minimum Gasteiger partial charge on any atom is -0.382 e. The second-order valence-corrected chi connectivity index (χ2v) is 5.31. The van der Waals surface area contributed by atoms with Crippen LogP contribution in [0.1, 0.15) is 19.4 Å². The molecular formula is C14H24ClN3O2. The van der Waals surface area contributed by atoms with Crippen LogP contribution < -0.4 is 10.6 Å². The molecule has 1 unspecified atom stereocenters. The summed E-state index contributed by atoms with van der Waals surface area (Å²) in [6.07, 6.45) is 1.79. The molecule has 114 valence electrons. The van der Waals surface area contributed by atoms with Gasteiger partial charge in [-0.2, -0.15) is 0 Å². The van der Waals surface area contributed by atoms with Gasteiger partial charge in [0.25, 0.3) is 0 Å². The van der Waals surface area contributed by atoms with Gasteiger partial charge in [-0.1, -0.05) is 25.4 Å².